The number of rotatable bonds is 6. The fourth-order valence-corrected chi connectivity index (χ4v) is 6.01. The van der Waals surface area contributed by atoms with Gasteiger partial charge in [-0.15, -0.1) is 0 Å². The first kappa shape index (κ1) is 26.3. The largest absolute Gasteiger partial charge is 0.463 e. The van der Waals surface area contributed by atoms with Gasteiger partial charge in [0.25, 0.3) is 5.56 Å². The zero-order valence-corrected chi connectivity index (χ0v) is 23.3. The predicted molar refractivity (Wildman–Crippen MR) is 154 cm³/mol. The molecule has 0 saturated carbocycles. The SMILES string of the molecule is CCOC(=O)C1=C(c2ccccc2)N=c2s/c(=C\c3ccc(N4CCOCC4)o3)c(=O)n2[C@@H]1c1ccc(Cl)cc1. The summed E-state index contributed by atoms with van der Waals surface area (Å²) >= 11 is 7.44. The molecule has 0 bridgehead atoms. The molecule has 8 nitrogen and oxygen atoms in total. The van der Waals surface area contributed by atoms with Gasteiger partial charge in [-0.05, 0) is 30.7 Å². The van der Waals surface area contributed by atoms with Crippen molar-refractivity contribution in [3.05, 3.63) is 114 Å². The van der Waals surface area contributed by atoms with Gasteiger partial charge in [0.05, 0.1) is 41.7 Å². The Bertz CT molecular complexity index is 1750. The van der Waals surface area contributed by atoms with Gasteiger partial charge in [0.15, 0.2) is 10.7 Å². The molecule has 2 aromatic carbocycles. The molecule has 0 aliphatic carbocycles. The lowest BCUT2D eigenvalue weighted by Crippen LogP contribution is -2.40. The highest BCUT2D eigenvalue weighted by molar-refractivity contribution is 7.07. The van der Waals surface area contributed by atoms with Crippen LogP contribution in [0.15, 0.2) is 86.5 Å². The number of fused-ring (bicyclic) bond motifs is 1. The van der Waals surface area contributed by atoms with Crippen LogP contribution < -0.4 is 19.8 Å². The van der Waals surface area contributed by atoms with E-state index in [4.69, 9.17) is 30.5 Å². The average Bonchev–Trinajstić information content (AvgIpc) is 3.58. The van der Waals surface area contributed by atoms with Crippen LogP contribution in [0.25, 0.3) is 11.8 Å². The minimum absolute atomic E-state index is 0.187. The normalized spacial score (nSPS) is 17.5. The van der Waals surface area contributed by atoms with Crippen molar-refractivity contribution in [2.24, 2.45) is 4.99 Å². The summed E-state index contributed by atoms with van der Waals surface area (Å²) in [5, 5.41) is 0.551. The van der Waals surface area contributed by atoms with Gasteiger partial charge in [-0.25, -0.2) is 9.79 Å². The van der Waals surface area contributed by atoms with Crippen LogP contribution in [0.2, 0.25) is 5.02 Å². The number of ether oxygens (including phenoxy) is 2. The number of carbonyl (C=O) groups is 1. The Morgan fingerprint density at radius 3 is 2.58 bits per heavy atom. The number of morpholine rings is 1. The van der Waals surface area contributed by atoms with Crippen molar-refractivity contribution in [3.63, 3.8) is 0 Å². The number of hydrogen-bond acceptors (Lipinski definition) is 8. The van der Waals surface area contributed by atoms with E-state index < -0.39 is 12.0 Å². The molecular weight excluding hydrogens is 550 g/mol. The Labute approximate surface area is 239 Å². The molecule has 2 aliphatic heterocycles. The van der Waals surface area contributed by atoms with Crippen molar-refractivity contribution in [3.8, 4) is 0 Å². The topological polar surface area (TPSA) is 86.3 Å². The van der Waals surface area contributed by atoms with Gasteiger partial charge in [-0.3, -0.25) is 9.36 Å². The Balaban J connectivity index is 1.54. The summed E-state index contributed by atoms with van der Waals surface area (Å²) in [6, 6.07) is 19.6. The van der Waals surface area contributed by atoms with E-state index in [1.54, 1.807) is 29.7 Å². The number of thiazole rings is 1. The summed E-state index contributed by atoms with van der Waals surface area (Å²) in [4.78, 5) is 34.9. The van der Waals surface area contributed by atoms with Crippen molar-refractivity contribution < 1.29 is 18.7 Å². The number of anilines is 1. The summed E-state index contributed by atoms with van der Waals surface area (Å²) in [5.74, 6) is 0.764. The lowest BCUT2D eigenvalue weighted by molar-refractivity contribution is -0.138. The number of nitrogens with zero attached hydrogens (tertiary/aromatic N) is 3. The van der Waals surface area contributed by atoms with E-state index in [0.717, 1.165) is 30.1 Å². The zero-order chi connectivity index (χ0) is 27.6. The predicted octanol–water partition coefficient (Wildman–Crippen LogP) is 4.02. The van der Waals surface area contributed by atoms with Crippen molar-refractivity contribution in [1.82, 2.24) is 4.57 Å². The maximum Gasteiger partial charge on any atom is 0.338 e. The van der Waals surface area contributed by atoms with Gasteiger partial charge in [-0.1, -0.05) is 65.4 Å². The summed E-state index contributed by atoms with van der Waals surface area (Å²) in [6.07, 6.45) is 1.73. The fourth-order valence-electron chi connectivity index (χ4n) is 4.90. The van der Waals surface area contributed by atoms with Gasteiger partial charge >= 0.3 is 5.97 Å². The molecule has 4 aromatic rings. The molecule has 0 radical (unpaired) electrons. The molecule has 40 heavy (non-hydrogen) atoms. The molecule has 6 rings (SSSR count). The Morgan fingerprint density at radius 2 is 1.85 bits per heavy atom. The van der Waals surface area contributed by atoms with Crippen molar-refractivity contribution in [2.45, 2.75) is 13.0 Å². The molecule has 1 fully saturated rings. The highest BCUT2D eigenvalue weighted by atomic mass is 35.5. The first-order valence-electron chi connectivity index (χ1n) is 13.0. The molecule has 0 spiro atoms. The second-order valence-corrected chi connectivity index (χ2v) is 10.7. The maximum absolute atomic E-state index is 14.0. The van der Waals surface area contributed by atoms with Crippen molar-refractivity contribution in [2.75, 3.05) is 37.8 Å². The van der Waals surface area contributed by atoms with Crippen LogP contribution in [0.1, 0.15) is 29.9 Å². The minimum atomic E-state index is -0.759. The van der Waals surface area contributed by atoms with Gasteiger partial charge in [0, 0.05) is 35.8 Å². The van der Waals surface area contributed by atoms with E-state index in [1.165, 1.54) is 11.3 Å². The number of benzene rings is 2. The maximum atomic E-state index is 14.0. The molecule has 204 valence electrons. The number of aromatic nitrogens is 1. The van der Waals surface area contributed by atoms with Crippen molar-refractivity contribution >= 4 is 46.6 Å². The van der Waals surface area contributed by atoms with Crippen LogP contribution in [-0.4, -0.2) is 43.4 Å². The first-order valence-corrected chi connectivity index (χ1v) is 14.2. The van der Waals surface area contributed by atoms with Gasteiger partial charge in [0.2, 0.25) is 0 Å². The van der Waals surface area contributed by atoms with E-state index >= 15 is 0 Å². The Hall–Kier alpha value is -3.92. The smallest absolute Gasteiger partial charge is 0.338 e. The van der Waals surface area contributed by atoms with Gasteiger partial charge in [-0.2, -0.15) is 0 Å². The Kier molecular flexibility index (Phi) is 7.42. The molecule has 4 heterocycles. The van der Waals surface area contributed by atoms with Crippen LogP contribution in [0.5, 0.6) is 0 Å². The summed E-state index contributed by atoms with van der Waals surface area (Å²) in [7, 11) is 0. The average molecular weight is 576 g/mol. The van der Waals surface area contributed by atoms with Crippen LogP contribution in [0.3, 0.4) is 0 Å². The number of halogens is 1. The molecule has 2 aliphatic rings. The fraction of sp³-hybridized carbons (Fsp3) is 0.233. The summed E-state index contributed by atoms with van der Waals surface area (Å²) < 4.78 is 19.0. The molecule has 1 atom stereocenters. The van der Waals surface area contributed by atoms with Crippen molar-refractivity contribution in [1.29, 1.82) is 0 Å². The van der Waals surface area contributed by atoms with Crippen LogP contribution in [0, 0.1) is 0 Å². The van der Waals surface area contributed by atoms with Gasteiger partial charge < -0.3 is 18.8 Å². The lowest BCUT2D eigenvalue weighted by Gasteiger charge is -2.26. The second kappa shape index (κ2) is 11.3. The van der Waals surface area contributed by atoms with Crippen LogP contribution in [-0.2, 0) is 14.3 Å². The molecule has 10 heteroatoms. The summed E-state index contributed by atoms with van der Waals surface area (Å²) in [5.41, 5.74) is 1.96. The van der Waals surface area contributed by atoms with Crippen LogP contribution in [0.4, 0.5) is 5.88 Å². The minimum Gasteiger partial charge on any atom is -0.463 e. The van der Waals surface area contributed by atoms with E-state index in [9.17, 15) is 9.59 Å². The van der Waals surface area contributed by atoms with Gasteiger partial charge in [0.1, 0.15) is 5.76 Å². The van der Waals surface area contributed by atoms with E-state index in [-0.39, 0.29) is 12.2 Å². The molecule has 0 amide bonds. The number of furan rings is 1. The second-order valence-electron chi connectivity index (χ2n) is 9.26. The zero-order valence-electron chi connectivity index (χ0n) is 21.7. The Morgan fingerprint density at radius 1 is 1.10 bits per heavy atom. The highest BCUT2D eigenvalue weighted by Crippen LogP contribution is 2.35. The molecule has 0 N–H and O–H groups in total. The summed E-state index contributed by atoms with van der Waals surface area (Å²) in [6.45, 7) is 4.72. The molecular formula is C30H26ClN3O5S. The molecule has 2 aromatic heterocycles. The molecule has 0 unspecified atom stereocenters. The third-order valence-corrected chi connectivity index (χ3v) is 8.00. The van der Waals surface area contributed by atoms with Crippen LogP contribution >= 0.6 is 22.9 Å². The van der Waals surface area contributed by atoms with E-state index in [2.05, 4.69) is 4.90 Å². The molecule has 1 saturated heterocycles. The number of esters is 1. The third-order valence-electron chi connectivity index (χ3n) is 6.77. The number of hydrogen-bond donors (Lipinski definition) is 0. The number of carbonyl (C=O) groups excluding carboxylic acids is 1. The third kappa shape index (κ3) is 5.03. The highest BCUT2D eigenvalue weighted by Gasteiger charge is 2.35. The quantitative estimate of drug-likeness (QED) is 0.323. The standard InChI is InChI=1S/C30H26ClN3O5S/c1-2-38-29(36)25-26(19-6-4-3-5-7-19)32-30-34(27(25)20-8-10-21(31)11-9-20)28(35)23(40-30)18-22-12-13-24(39-22)33-14-16-37-17-15-33/h3-13,18,27H,2,14-17H2,1H3/b23-18-/t27-/m1/s1. The lowest BCUT2D eigenvalue weighted by atomic mass is 9.93. The van der Waals surface area contributed by atoms with E-state index in [1.807, 2.05) is 54.6 Å². The van der Waals surface area contributed by atoms with E-state index in [0.29, 0.717) is 44.6 Å². The monoisotopic (exact) mass is 575 g/mol. The first-order chi connectivity index (χ1) is 19.5.